The van der Waals surface area contributed by atoms with Gasteiger partial charge < -0.3 is 10.1 Å². The minimum Gasteiger partial charge on any atom is -0.465 e. The standard InChI is InChI=1S/C18H23N3O3S/c1-5-21-13(9-11(3)20-21)16(22)19-17-15(18(23)24-4)12-7-6-10(2)8-14(12)25-17/h9-10H,5-8H2,1-4H3,(H,19,22). The molecule has 0 bridgehead atoms. The van der Waals surface area contributed by atoms with Crippen LogP contribution in [0.5, 0.6) is 0 Å². The zero-order valence-electron chi connectivity index (χ0n) is 15.0. The Bertz CT molecular complexity index is 822. The smallest absolute Gasteiger partial charge is 0.341 e. The Morgan fingerprint density at radius 3 is 2.92 bits per heavy atom. The molecule has 6 nitrogen and oxygen atoms in total. The molecule has 3 rings (SSSR count). The van der Waals surface area contributed by atoms with Crippen LogP contribution in [0.1, 0.15) is 57.2 Å². The third-order valence-corrected chi connectivity index (χ3v) is 5.73. The zero-order valence-corrected chi connectivity index (χ0v) is 15.8. The highest BCUT2D eigenvalue weighted by atomic mass is 32.1. The van der Waals surface area contributed by atoms with Gasteiger partial charge in [-0.2, -0.15) is 5.10 Å². The number of rotatable bonds is 4. The quantitative estimate of drug-likeness (QED) is 0.847. The normalized spacial score (nSPS) is 16.4. The van der Waals surface area contributed by atoms with E-state index in [9.17, 15) is 9.59 Å². The molecule has 0 radical (unpaired) electrons. The SMILES string of the molecule is CCn1nc(C)cc1C(=O)Nc1sc2c(c1C(=O)OC)CCC(C)C2. The molecule has 2 aromatic heterocycles. The molecule has 1 aliphatic rings. The van der Waals surface area contributed by atoms with Crippen LogP contribution in [0.15, 0.2) is 6.07 Å². The Hall–Kier alpha value is -2.15. The number of esters is 1. The summed E-state index contributed by atoms with van der Waals surface area (Å²) < 4.78 is 6.63. The van der Waals surface area contributed by atoms with E-state index < -0.39 is 0 Å². The first-order valence-electron chi connectivity index (χ1n) is 8.53. The highest BCUT2D eigenvalue weighted by Gasteiger charge is 2.29. The summed E-state index contributed by atoms with van der Waals surface area (Å²) in [6.07, 6.45) is 2.83. The van der Waals surface area contributed by atoms with Crippen LogP contribution >= 0.6 is 11.3 Å². The topological polar surface area (TPSA) is 73.2 Å². The minimum atomic E-state index is -0.387. The van der Waals surface area contributed by atoms with E-state index in [2.05, 4.69) is 17.3 Å². The number of anilines is 1. The van der Waals surface area contributed by atoms with E-state index >= 15 is 0 Å². The van der Waals surface area contributed by atoms with Gasteiger partial charge in [-0.05, 0) is 50.7 Å². The number of amides is 1. The number of hydrogen-bond donors (Lipinski definition) is 1. The second kappa shape index (κ2) is 7.00. The molecule has 2 aromatic rings. The molecule has 134 valence electrons. The molecule has 1 unspecified atom stereocenters. The maximum atomic E-state index is 12.7. The lowest BCUT2D eigenvalue weighted by Crippen LogP contribution is -2.19. The van der Waals surface area contributed by atoms with Gasteiger partial charge >= 0.3 is 5.97 Å². The van der Waals surface area contributed by atoms with Gasteiger partial charge in [-0.3, -0.25) is 9.48 Å². The van der Waals surface area contributed by atoms with Gasteiger partial charge in [0.25, 0.3) is 5.91 Å². The maximum Gasteiger partial charge on any atom is 0.341 e. The Labute approximate surface area is 151 Å². The van der Waals surface area contributed by atoms with Crippen molar-refractivity contribution in [3.63, 3.8) is 0 Å². The number of nitrogens with one attached hydrogen (secondary N) is 1. The van der Waals surface area contributed by atoms with Crippen LogP contribution in [-0.2, 0) is 24.1 Å². The number of hydrogen-bond acceptors (Lipinski definition) is 5. The molecular weight excluding hydrogens is 338 g/mol. The van der Waals surface area contributed by atoms with Crippen LogP contribution in [0.25, 0.3) is 0 Å². The Morgan fingerprint density at radius 2 is 2.24 bits per heavy atom. The maximum absolute atomic E-state index is 12.7. The monoisotopic (exact) mass is 361 g/mol. The van der Waals surface area contributed by atoms with Crippen molar-refractivity contribution in [3.8, 4) is 0 Å². The molecule has 1 amide bonds. The van der Waals surface area contributed by atoms with Crippen LogP contribution in [0.4, 0.5) is 5.00 Å². The number of aryl methyl sites for hydroxylation is 2. The van der Waals surface area contributed by atoms with Crippen molar-refractivity contribution in [2.75, 3.05) is 12.4 Å². The molecule has 2 heterocycles. The predicted molar refractivity (Wildman–Crippen MR) is 97.4 cm³/mol. The second-order valence-electron chi connectivity index (χ2n) is 6.49. The number of carbonyl (C=O) groups excluding carboxylic acids is 2. The Kier molecular flexibility index (Phi) is 4.94. The molecule has 0 saturated carbocycles. The van der Waals surface area contributed by atoms with E-state index in [1.54, 1.807) is 10.7 Å². The lowest BCUT2D eigenvalue weighted by atomic mass is 9.88. The molecule has 25 heavy (non-hydrogen) atoms. The minimum absolute atomic E-state index is 0.251. The van der Waals surface area contributed by atoms with Crippen molar-refractivity contribution in [3.05, 3.63) is 33.5 Å². The van der Waals surface area contributed by atoms with Gasteiger partial charge in [0.1, 0.15) is 10.7 Å². The van der Waals surface area contributed by atoms with Crippen molar-refractivity contribution >= 4 is 28.2 Å². The van der Waals surface area contributed by atoms with Gasteiger partial charge in [-0.15, -0.1) is 11.3 Å². The molecule has 0 aromatic carbocycles. The molecule has 0 aliphatic heterocycles. The fourth-order valence-corrected chi connectivity index (χ4v) is 4.69. The lowest BCUT2D eigenvalue weighted by molar-refractivity contribution is 0.0601. The van der Waals surface area contributed by atoms with Crippen LogP contribution in [0.3, 0.4) is 0 Å². The van der Waals surface area contributed by atoms with Crippen molar-refractivity contribution in [2.24, 2.45) is 5.92 Å². The summed E-state index contributed by atoms with van der Waals surface area (Å²) in [5.74, 6) is -0.0499. The summed E-state index contributed by atoms with van der Waals surface area (Å²) in [6, 6.07) is 1.76. The number of carbonyl (C=O) groups is 2. The first-order chi connectivity index (χ1) is 11.9. The number of nitrogens with zero attached hydrogens (tertiary/aromatic N) is 2. The average Bonchev–Trinajstić information content (AvgIpc) is 3.13. The van der Waals surface area contributed by atoms with Crippen molar-refractivity contribution in [1.82, 2.24) is 9.78 Å². The molecule has 1 aliphatic carbocycles. The van der Waals surface area contributed by atoms with Crippen LogP contribution < -0.4 is 5.32 Å². The first-order valence-corrected chi connectivity index (χ1v) is 9.34. The average molecular weight is 361 g/mol. The third-order valence-electron chi connectivity index (χ3n) is 4.56. The van der Waals surface area contributed by atoms with Gasteiger partial charge in [0.05, 0.1) is 18.4 Å². The number of thiophene rings is 1. The van der Waals surface area contributed by atoms with E-state index in [1.807, 2.05) is 13.8 Å². The van der Waals surface area contributed by atoms with Gasteiger partial charge in [0, 0.05) is 11.4 Å². The van der Waals surface area contributed by atoms with E-state index in [-0.39, 0.29) is 11.9 Å². The van der Waals surface area contributed by atoms with Crippen LogP contribution in [0.2, 0.25) is 0 Å². The molecule has 0 fully saturated rings. The highest BCUT2D eigenvalue weighted by molar-refractivity contribution is 7.17. The number of fused-ring (bicyclic) bond motifs is 1. The predicted octanol–water partition coefficient (Wildman–Crippen LogP) is 3.44. The van der Waals surface area contributed by atoms with Gasteiger partial charge in [-0.25, -0.2) is 4.79 Å². The summed E-state index contributed by atoms with van der Waals surface area (Å²) in [5.41, 5.74) is 2.84. The second-order valence-corrected chi connectivity index (χ2v) is 7.59. The summed E-state index contributed by atoms with van der Waals surface area (Å²) in [7, 11) is 1.37. The molecule has 0 saturated heterocycles. The Balaban J connectivity index is 1.96. The van der Waals surface area contributed by atoms with E-state index in [0.717, 1.165) is 30.5 Å². The zero-order chi connectivity index (χ0) is 18.1. The first kappa shape index (κ1) is 17.7. The fourth-order valence-electron chi connectivity index (χ4n) is 3.29. The molecule has 1 atom stereocenters. The van der Waals surface area contributed by atoms with Gasteiger partial charge in [0.15, 0.2) is 0 Å². The van der Waals surface area contributed by atoms with Gasteiger partial charge in [-0.1, -0.05) is 6.92 Å². The van der Waals surface area contributed by atoms with E-state index in [4.69, 9.17) is 4.74 Å². The summed E-state index contributed by atoms with van der Waals surface area (Å²) >= 11 is 1.49. The Morgan fingerprint density at radius 1 is 1.48 bits per heavy atom. The summed E-state index contributed by atoms with van der Waals surface area (Å²) in [4.78, 5) is 26.2. The summed E-state index contributed by atoms with van der Waals surface area (Å²) in [6.45, 7) is 6.61. The van der Waals surface area contributed by atoms with E-state index in [0.29, 0.717) is 28.7 Å². The van der Waals surface area contributed by atoms with Crippen molar-refractivity contribution in [1.29, 1.82) is 0 Å². The van der Waals surface area contributed by atoms with Crippen LogP contribution in [-0.4, -0.2) is 28.8 Å². The number of methoxy groups -OCH3 is 1. The number of ether oxygens (including phenoxy) is 1. The van der Waals surface area contributed by atoms with Crippen molar-refractivity contribution < 1.29 is 14.3 Å². The highest BCUT2D eigenvalue weighted by Crippen LogP contribution is 2.40. The van der Waals surface area contributed by atoms with Crippen LogP contribution in [0, 0.1) is 12.8 Å². The largest absolute Gasteiger partial charge is 0.465 e. The third kappa shape index (κ3) is 3.33. The van der Waals surface area contributed by atoms with Crippen molar-refractivity contribution in [2.45, 2.75) is 46.6 Å². The molecule has 1 N–H and O–H groups in total. The summed E-state index contributed by atoms with van der Waals surface area (Å²) in [5, 5.41) is 7.81. The fraction of sp³-hybridized carbons (Fsp3) is 0.500. The van der Waals surface area contributed by atoms with Gasteiger partial charge in [0.2, 0.25) is 0 Å². The molecular formula is C18H23N3O3S. The number of aromatic nitrogens is 2. The lowest BCUT2D eigenvalue weighted by Gasteiger charge is -2.18. The molecule has 0 spiro atoms. The van der Waals surface area contributed by atoms with E-state index in [1.165, 1.54) is 23.3 Å². The molecule has 7 heteroatoms.